The van der Waals surface area contributed by atoms with Gasteiger partial charge >= 0.3 is 0 Å². The van der Waals surface area contributed by atoms with Gasteiger partial charge in [-0.2, -0.15) is 0 Å². The Balaban J connectivity index is 1.94. The van der Waals surface area contributed by atoms with E-state index in [1.807, 2.05) is 0 Å². The van der Waals surface area contributed by atoms with Gasteiger partial charge in [0.2, 0.25) is 0 Å². The Morgan fingerprint density at radius 1 is 1.27 bits per heavy atom. The van der Waals surface area contributed by atoms with Gasteiger partial charge in [0, 0.05) is 10.4 Å². The molecule has 1 aliphatic rings. The number of carbonyl (C=O) groups is 2. The van der Waals surface area contributed by atoms with Crippen LogP contribution in [0.1, 0.15) is 58.3 Å². The minimum atomic E-state index is -1.24. The minimum Gasteiger partial charge on any atom is -0.545 e. The van der Waals surface area contributed by atoms with Gasteiger partial charge in [-0.25, -0.2) is 0 Å². The van der Waals surface area contributed by atoms with Crippen LogP contribution in [0.5, 0.6) is 0 Å². The molecule has 0 radical (unpaired) electrons. The number of aromatic carboxylic acids is 1. The van der Waals surface area contributed by atoms with Gasteiger partial charge in [-0.15, -0.1) is 11.3 Å². The highest BCUT2D eigenvalue weighted by molar-refractivity contribution is 7.17. The van der Waals surface area contributed by atoms with E-state index in [2.05, 4.69) is 26.1 Å². The molecule has 4 nitrogen and oxygen atoms in total. The first-order valence-electron chi connectivity index (χ1n) is 8.60. The molecule has 2 aromatic rings. The third-order valence-electron chi connectivity index (χ3n) is 5.04. The average molecular weight is 391 g/mol. The van der Waals surface area contributed by atoms with Gasteiger partial charge in [0.1, 0.15) is 5.00 Å². The van der Waals surface area contributed by atoms with Crippen molar-refractivity contribution in [1.29, 1.82) is 0 Å². The van der Waals surface area contributed by atoms with Crippen molar-refractivity contribution in [2.45, 2.75) is 40.0 Å². The standard InChI is InChI=1S/C20H22ClNO3S/c1-20(2,3)11-8-9-13-15(10-11)26-18(16(13)19(24)25)22-17(23)12-6-4-5-7-14(12)21/h4-7,11H,8-10H2,1-3H3,(H,22,23)(H,24,25)/p-1/t11-/m1/s1. The van der Waals surface area contributed by atoms with Crippen molar-refractivity contribution in [1.82, 2.24) is 0 Å². The van der Waals surface area contributed by atoms with Gasteiger partial charge < -0.3 is 15.2 Å². The lowest BCUT2D eigenvalue weighted by Gasteiger charge is -2.34. The summed E-state index contributed by atoms with van der Waals surface area (Å²) in [6.07, 6.45) is 2.45. The first-order valence-corrected chi connectivity index (χ1v) is 9.79. The monoisotopic (exact) mass is 390 g/mol. The van der Waals surface area contributed by atoms with Crippen molar-refractivity contribution in [2.24, 2.45) is 11.3 Å². The Labute approximate surface area is 162 Å². The van der Waals surface area contributed by atoms with Crippen LogP contribution in [0, 0.1) is 11.3 Å². The number of rotatable bonds is 3. The molecule has 0 bridgehead atoms. The molecule has 0 fully saturated rings. The van der Waals surface area contributed by atoms with E-state index in [4.69, 9.17) is 11.6 Å². The highest BCUT2D eigenvalue weighted by atomic mass is 35.5. The first kappa shape index (κ1) is 18.9. The topological polar surface area (TPSA) is 69.2 Å². The lowest BCUT2D eigenvalue weighted by Crippen LogP contribution is -2.29. The molecule has 3 rings (SSSR count). The van der Waals surface area contributed by atoms with Gasteiger partial charge in [-0.3, -0.25) is 4.79 Å². The van der Waals surface area contributed by atoms with E-state index in [0.717, 1.165) is 23.3 Å². The summed E-state index contributed by atoms with van der Waals surface area (Å²) in [5, 5.41) is 15.1. The molecule has 26 heavy (non-hydrogen) atoms. The van der Waals surface area contributed by atoms with Crippen LogP contribution in [0.3, 0.4) is 0 Å². The van der Waals surface area contributed by atoms with Crippen LogP contribution in [-0.4, -0.2) is 11.9 Å². The lowest BCUT2D eigenvalue weighted by molar-refractivity contribution is -0.254. The summed E-state index contributed by atoms with van der Waals surface area (Å²) in [6, 6.07) is 6.69. The van der Waals surface area contributed by atoms with Crippen LogP contribution >= 0.6 is 22.9 Å². The van der Waals surface area contributed by atoms with E-state index in [1.165, 1.54) is 11.3 Å². The molecule has 1 aliphatic carbocycles. The van der Waals surface area contributed by atoms with Gasteiger partial charge in [0.15, 0.2) is 0 Å². The smallest absolute Gasteiger partial charge is 0.257 e. The predicted molar refractivity (Wildman–Crippen MR) is 103 cm³/mol. The summed E-state index contributed by atoms with van der Waals surface area (Å²) in [6.45, 7) is 6.61. The molecule has 1 aromatic carbocycles. The fourth-order valence-electron chi connectivity index (χ4n) is 3.44. The Morgan fingerprint density at radius 2 is 1.96 bits per heavy atom. The van der Waals surface area contributed by atoms with Crippen LogP contribution in [-0.2, 0) is 12.8 Å². The number of carboxylic acid groups (broad SMARTS) is 1. The van der Waals surface area contributed by atoms with E-state index < -0.39 is 11.9 Å². The van der Waals surface area contributed by atoms with Crippen molar-refractivity contribution in [3.8, 4) is 0 Å². The summed E-state index contributed by atoms with van der Waals surface area (Å²) >= 11 is 7.42. The fraction of sp³-hybridized carbons (Fsp3) is 0.400. The number of thiophene rings is 1. The van der Waals surface area contributed by atoms with Crippen LogP contribution in [0.15, 0.2) is 24.3 Å². The van der Waals surface area contributed by atoms with Gasteiger partial charge in [-0.1, -0.05) is 44.5 Å². The molecule has 138 valence electrons. The largest absolute Gasteiger partial charge is 0.545 e. The molecule has 1 aromatic heterocycles. The van der Waals surface area contributed by atoms with Crippen LogP contribution in [0.25, 0.3) is 0 Å². The quantitative estimate of drug-likeness (QED) is 0.855. The zero-order valence-corrected chi connectivity index (χ0v) is 16.6. The van der Waals surface area contributed by atoms with E-state index in [1.54, 1.807) is 24.3 Å². The molecule has 1 amide bonds. The SMILES string of the molecule is CC(C)(C)[C@@H]1CCc2c(sc(NC(=O)c3ccccc3Cl)c2C(=O)[O-])C1. The predicted octanol–water partition coefficient (Wildman–Crippen LogP) is 4.17. The highest BCUT2D eigenvalue weighted by Gasteiger charge is 2.32. The Hall–Kier alpha value is -1.85. The number of carboxylic acids is 1. The summed E-state index contributed by atoms with van der Waals surface area (Å²) < 4.78 is 0. The molecule has 0 unspecified atom stereocenters. The average Bonchev–Trinajstić information content (AvgIpc) is 2.91. The van der Waals surface area contributed by atoms with Gasteiger partial charge in [0.25, 0.3) is 5.91 Å². The highest BCUT2D eigenvalue weighted by Crippen LogP contribution is 2.44. The number of fused-ring (bicyclic) bond motifs is 1. The van der Waals surface area contributed by atoms with E-state index >= 15 is 0 Å². The summed E-state index contributed by atoms with van der Waals surface area (Å²) in [5.74, 6) is -1.18. The van der Waals surface area contributed by atoms with E-state index in [9.17, 15) is 14.7 Å². The molecule has 0 saturated heterocycles. The number of anilines is 1. The van der Waals surface area contributed by atoms with Gasteiger partial charge in [-0.05, 0) is 48.3 Å². The molecule has 0 saturated carbocycles. The number of nitrogens with one attached hydrogen (secondary N) is 1. The van der Waals surface area contributed by atoms with Crippen molar-refractivity contribution in [3.05, 3.63) is 50.9 Å². The third-order valence-corrected chi connectivity index (χ3v) is 6.54. The van der Waals surface area contributed by atoms with Crippen molar-refractivity contribution in [2.75, 3.05) is 5.32 Å². The maximum atomic E-state index is 12.5. The molecule has 0 aliphatic heterocycles. The molecule has 1 atom stereocenters. The maximum absolute atomic E-state index is 12.5. The molecule has 0 spiro atoms. The number of carbonyl (C=O) groups excluding carboxylic acids is 2. The second kappa shape index (κ2) is 7.05. The lowest BCUT2D eigenvalue weighted by atomic mass is 9.72. The summed E-state index contributed by atoms with van der Waals surface area (Å²) in [7, 11) is 0. The number of hydrogen-bond donors (Lipinski definition) is 1. The third kappa shape index (κ3) is 3.64. The Morgan fingerprint density at radius 3 is 2.58 bits per heavy atom. The Bertz CT molecular complexity index is 866. The van der Waals surface area contributed by atoms with Crippen LogP contribution in [0.2, 0.25) is 5.02 Å². The molecule has 6 heteroatoms. The zero-order chi connectivity index (χ0) is 19.1. The van der Waals surface area contributed by atoms with Crippen molar-refractivity contribution < 1.29 is 14.7 Å². The second-order valence-electron chi connectivity index (χ2n) is 7.74. The molecular weight excluding hydrogens is 370 g/mol. The number of halogens is 1. The second-order valence-corrected chi connectivity index (χ2v) is 9.25. The molecule has 1 N–H and O–H groups in total. The van der Waals surface area contributed by atoms with Crippen molar-refractivity contribution in [3.63, 3.8) is 0 Å². The molecular formula is C20H21ClNO3S-. The van der Waals surface area contributed by atoms with E-state index in [0.29, 0.717) is 27.9 Å². The number of amides is 1. The summed E-state index contributed by atoms with van der Waals surface area (Å²) in [4.78, 5) is 25.3. The zero-order valence-electron chi connectivity index (χ0n) is 15.0. The number of benzene rings is 1. The first-order chi connectivity index (χ1) is 12.2. The Kier molecular flexibility index (Phi) is 5.13. The van der Waals surface area contributed by atoms with Crippen LogP contribution < -0.4 is 10.4 Å². The van der Waals surface area contributed by atoms with E-state index in [-0.39, 0.29) is 11.0 Å². The van der Waals surface area contributed by atoms with Crippen LogP contribution in [0.4, 0.5) is 5.00 Å². The number of hydrogen-bond acceptors (Lipinski definition) is 4. The fourth-order valence-corrected chi connectivity index (χ4v) is 4.98. The molecule has 1 heterocycles. The normalized spacial score (nSPS) is 16.8. The van der Waals surface area contributed by atoms with Gasteiger partial charge in [0.05, 0.1) is 16.6 Å². The minimum absolute atomic E-state index is 0.123. The summed E-state index contributed by atoms with van der Waals surface area (Å²) in [5.41, 5.74) is 1.41. The van der Waals surface area contributed by atoms with Crippen molar-refractivity contribution >= 4 is 39.8 Å². The maximum Gasteiger partial charge on any atom is 0.257 e.